The summed E-state index contributed by atoms with van der Waals surface area (Å²) in [6.07, 6.45) is 0. The van der Waals surface area contributed by atoms with E-state index in [0.717, 1.165) is 5.69 Å². The van der Waals surface area contributed by atoms with Crippen LogP contribution in [0.1, 0.15) is 11.5 Å². The molecule has 1 aromatic carbocycles. The van der Waals surface area contributed by atoms with Gasteiger partial charge in [0.25, 0.3) is 0 Å². The van der Waals surface area contributed by atoms with E-state index in [-0.39, 0.29) is 5.56 Å². The van der Waals surface area contributed by atoms with Gasteiger partial charge in [0.15, 0.2) is 5.66 Å². The zero-order chi connectivity index (χ0) is 16.4. The Morgan fingerprint density at radius 1 is 1.05 bits per heavy atom. The fourth-order valence-electron chi connectivity index (χ4n) is 1.92. The first-order valence-corrected chi connectivity index (χ1v) is 7.52. The molecule has 0 aliphatic heterocycles. The zero-order valence-electron chi connectivity index (χ0n) is 11.4. The maximum absolute atomic E-state index is 11.3. The highest BCUT2D eigenvalue weighted by Gasteiger charge is 2.46. The second kappa shape index (κ2) is 6.26. The highest BCUT2D eigenvalue weighted by Crippen LogP contribution is 2.48. The standard InChI is InChI=1S/C12H16NO7P/c1-13(2)8-5-3-7(4-6-8)9(11(14)15)10(12(16)17)21(18,19)20/h3-6,9-10H,1-2H3,(H,14,15)(H,16,17)(H2,18,19,20). The lowest BCUT2D eigenvalue weighted by atomic mass is 9.95. The first-order valence-electron chi connectivity index (χ1n) is 5.83. The molecule has 21 heavy (non-hydrogen) atoms. The number of nitrogens with zero attached hydrogens (tertiary/aromatic N) is 1. The number of anilines is 1. The van der Waals surface area contributed by atoms with E-state index in [1.165, 1.54) is 12.1 Å². The van der Waals surface area contributed by atoms with Crippen LogP contribution in [0.2, 0.25) is 0 Å². The van der Waals surface area contributed by atoms with Gasteiger partial charge in [0, 0.05) is 19.8 Å². The summed E-state index contributed by atoms with van der Waals surface area (Å²) in [4.78, 5) is 42.4. The molecular weight excluding hydrogens is 301 g/mol. The van der Waals surface area contributed by atoms with E-state index in [0.29, 0.717) is 0 Å². The number of carbonyl (C=O) groups is 2. The largest absolute Gasteiger partial charge is 0.481 e. The van der Waals surface area contributed by atoms with Crippen LogP contribution in [-0.2, 0) is 14.2 Å². The van der Waals surface area contributed by atoms with Crippen molar-refractivity contribution in [3.05, 3.63) is 29.8 Å². The van der Waals surface area contributed by atoms with E-state index in [9.17, 15) is 19.3 Å². The number of aliphatic carboxylic acids is 2. The topological polar surface area (TPSA) is 135 Å². The molecule has 1 rings (SSSR count). The van der Waals surface area contributed by atoms with Gasteiger partial charge in [0.05, 0.1) is 0 Å². The molecule has 8 nitrogen and oxygen atoms in total. The van der Waals surface area contributed by atoms with Crippen molar-refractivity contribution in [2.75, 3.05) is 19.0 Å². The monoisotopic (exact) mass is 317 g/mol. The lowest BCUT2D eigenvalue weighted by Crippen LogP contribution is -2.33. The molecule has 0 heterocycles. The summed E-state index contributed by atoms with van der Waals surface area (Å²) in [5.74, 6) is -5.30. The van der Waals surface area contributed by atoms with E-state index in [4.69, 9.17) is 14.9 Å². The molecule has 1 aromatic rings. The third-order valence-electron chi connectivity index (χ3n) is 2.97. The summed E-state index contributed by atoms with van der Waals surface area (Å²) in [5, 5.41) is 18.1. The van der Waals surface area contributed by atoms with Gasteiger partial charge in [0.2, 0.25) is 0 Å². The van der Waals surface area contributed by atoms with Gasteiger partial charge in [-0.25, -0.2) is 0 Å². The smallest absolute Gasteiger partial charge is 0.341 e. The minimum atomic E-state index is -5.13. The van der Waals surface area contributed by atoms with Crippen LogP contribution < -0.4 is 4.90 Å². The van der Waals surface area contributed by atoms with E-state index < -0.39 is 31.1 Å². The van der Waals surface area contributed by atoms with Crippen molar-refractivity contribution < 1.29 is 34.2 Å². The maximum Gasteiger partial charge on any atom is 0.341 e. The summed E-state index contributed by atoms with van der Waals surface area (Å²) < 4.78 is 11.3. The molecule has 2 unspecified atom stereocenters. The van der Waals surface area contributed by atoms with Crippen molar-refractivity contribution in [1.29, 1.82) is 0 Å². The molecule has 0 spiro atoms. The van der Waals surface area contributed by atoms with Gasteiger partial charge >= 0.3 is 19.5 Å². The van der Waals surface area contributed by atoms with E-state index in [2.05, 4.69) is 0 Å². The Morgan fingerprint density at radius 3 is 1.81 bits per heavy atom. The highest BCUT2D eigenvalue weighted by molar-refractivity contribution is 7.53. The Kier molecular flexibility index (Phi) is 5.11. The second-order valence-electron chi connectivity index (χ2n) is 4.67. The molecule has 0 aliphatic carbocycles. The first-order chi connectivity index (χ1) is 9.55. The van der Waals surface area contributed by atoms with Crippen LogP contribution >= 0.6 is 7.60 Å². The van der Waals surface area contributed by atoms with Crippen molar-refractivity contribution in [1.82, 2.24) is 0 Å². The zero-order valence-corrected chi connectivity index (χ0v) is 12.3. The molecule has 0 bridgehead atoms. The molecular formula is C12H16NO7P. The fraction of sp³-hybridized carbons (Fsp3) is 0.333. The first kappa shape index (κ1) is 17.2. The predicted molar refractivity (Wildman–Crippen MR) is 74.6 cm³/mol. The fourth-order valence-corrected chi connectivity index (χ4v) is 2.90. The Balaban J connectivity index is 3.32. The van der Waals surface area contributed by atoms with Crippen molar-refractivity contribution in [2.45, 2.75) is 11.6 Å². The number of rotatable bonds is 6. The molecule has 0 radical (unpaired) electrons. The number of hydrogen-bond acceptors (Lipinski definition) is 4. The van der Waals surface area contributed by atoms with Crippen LogP contribution in [0.3, 0.4) is 0 Å². The van der Waals surface area contributed by atoms with E-state index in [1.54, 1.807) is 31.1 Å². The Labute approximate surface area is 120 Å². The second-order valence-corrected chi connectivity index (χ2v) is 6.41. The number of hydrogen-bond donors (Lipinski definition) is 4. The molecule has 0 saturated carbocycles. The quantitative estimate of drug-likeness (QED) is 0.559. The molecule has 9 heteroatoms. The van der Waals surface area contributed by atoms with Gasteiger partial charge in [-0.15, -0.1) is 0 Å². The average molecular weight is 317 g/mol. The van der Waals surface area contributed by atoms with Gasteiger partial charge in [-0.2, -0.15) is 0 Å². The third kappa shape index (κ3) is 4.04. The Bertz CT molecular complexity index is 578. The molecule has 116 valence electrons. The lowest BCUT2D eigenvalue weighted by Gasteiger charge is -2.22. The number of carboxylic acids is 2. The van der Waals surface area contributed by atoms with Gasteiger partial charge < -0.3 is 24.9 Å². The van der Waals surface area contributed by atoms with Crippen LogP contribution in [0.4, 0.5) is 5.69 Å². The summed E-state index contributed by atoms with van der Waals surface area (Å²) in [5.41, 5.74) is -1.57. The maximum atomic E-state index is 11.3. The molecule has 0 saturated heterocycles. The van der Waals surface area contributed by atoms with Crippen molar-refractivity contribution in [3.63, 3.8) is 0 Å². The minimum Gasteiger partial charge on any atom is -0.481 e. The molecule has 0 amide bonds. The van der Waals surface area contributed by atoms with Gasteiger partial charge in [-0.3, -0.25) is 14.2 Å². The van der Waals surface area contributed by atoms with Crippen molar-refractivity contribution >= 4 is 25.2 Å². The summed E-state index contributed by atoms with van der Waals surface area (Å²) in [7, 11) is -1.60. The van der Waals surface area contributed by atoms with Crippen LogP contribution in [0.5, 0.6) is 0 Å². The summed E-state index contributed by atoms with van der Waals surface area (Å²) in [6, 6.07) is 5.78. The molecule has 0 fully saturated rings. The minimum absolute atomic E-state index is 0.0174. The van der Waals surface area contributed by atoms with Crippen molar-refractivity contribution in [3.8, 4) is 0 Å². The van der Waals surface area contributed by atoms with E-state index in [1.807, 2.05) is 0 Å². The number of benzene rings is 1. The normalized spacial score (nSPS) is 14.3. The number of carboxylic acid groups (broad SMARTS) is 2. The molecule has 0 aromatic heterocycles. The lowest BCUT2D eigenvalue weighted by molar-refractivity contribution is -0.145. The van der Waals surface area contributed by atoms with Gasteiger partial charge in [0.1, 0.15) is 5.92 Å². The Hall–Kier alpha value is -1.89. The summed E-state index contributed by atoms with van der Waals surface area (Å²) >= 11 is 0. The SMILES string of the molecule is CN(C)c1ccc(C(C(=O)O)C(C(=O)O)P(=O)(O)O)cc1. The highest BCUT2D eigenvalue weighted by atomic mass is 31.2. The van der Waals surface area contributed by atoms with E-state index >= 15 is 0 Å². The van der Waals surface area contributed by atoms with Crippen LogP contribution in [-0.4, -0.2) is 51.7 Å². The van der Waals surface area contributed by atoms with Gasteiger partial charge in [-0.1, -0.05) is 12.1 Å². The predicted octanol–water partition coefficient (Wildman–Crippen LogP) is 0.552. The van der Waals surface area contributed by atoms with Crippen LogP contribution in [0.15, 0.2) is 24.3 Å². The molecule has 4 N–H and O–H groups in total. The Morgan fingerprint density at radius 2 is 1.52 bits per heavy atom. The van der Waals surface area contributed by atoms with Crippen LogP contribution in [0.25, 0.3) is 0 Å². The third-order valence-corrected chi connectivity index (χ3v) is 4.21. The van der Waals surface area contributed by atoms with Crippen molar-refractivity contribution in [2.24, 2.45) is 0 Å². The molecule has 2 atom stereocenters. The van der Waals surface area contributed by atoms with Gasteiger partial charge in [-0.05, 0) is 17.7 Å². The van der Waals surface area contributed by atoms with Crippen LogP contribution in [0, 0.1) is 0 Å². The average Bonchev–Trinajstić information content (AvgIpc) is 2.33. The summed E-state index contributed by atoms with van der Waals surface area (Å²) in [6.45, 7) is 0. The molecule has 0 aliphatic rings.